The van der Waals surface area contributed by atoms with Crippen molar-refractivity contribution < 1.29 is 0 Å². The van der Waals surface area contributed by atoms with Gasteiger partial charge in [-0.05, 0) is 24.2 Å². The zero-order valence-corrected chi connectivity index (χ0v) is 10.3. The maximum atomic E-state index is 6.56. The van der Waals surface area contributed by atoms with E-state index in [0.29, 0.717) is 11.8 Å². The number of alkyl halides is 1. The minimum atomic E-state index is -0.110. The highest BCUT2D eigenvalue weighted by molar-refractivity contribution is 6.24. The van der Waals surface area contributed by atoms with Gasteiger partial charge in [-0.15, -0.1) is 11.6 Å². The van der Waals surface area contributed by atoms with Crippen LogP contribution < -0.4 is 0 Å². The minimum absolute atomic E-state index is 0.110. The van der Waals surface area contributed by atoms with E-state index in [9.17, 15) is 0 Å². The topological polar surface area (TPSA) is 0 Å². The third-order valence-corrected chi connectivity index (χ3v) is 4.71. The van der Waals surface area contributed by atoms with Crippen LogP contribution in [0, 0.1) is 17.3 Å². The van der Waals surface area contributed by atoms with Gasteiger partial charge in [0.1, 0.15) is 0 Å². The molecule has 0 N–H and O–H groups in total. The second-order valence-electron chi connectivity index (χ2n) is 5.11. The van der Waals surface area contributed by atoms with E-state index in [1.54, 1.807) is 0 Å². The fourth-order valence-corrected chi connectivity index (χ4v) is 1.53. The number of hydrogen-bond acceptors (Lipinski definition) is 0. The van der Waals surface area contributed by atoms with Crippen molar-refractivity contribution in [2.24, 2.45) is 17.3 Å². The molecule has 74 valence electrons. The molecule has 0 aliphatic carbocycles. The molecule has 0 amide bonds. The predicted molar refractivity (Wildman–Crippen MR) is 57.7 cm³/mol. The molecule has 1 unspecified atom stereocenters. The molecule has 0 saturated heterocycles. The van der Waals surface area contributed by atoms with Crippen LogP contribution in [0.2, 0.25) is 0 Å². The Hall–Kier alpha value is 0.290. The van der Waals surface area contributed by atoms with E-state index in [1.807, 2.05) is 0 Å². The summed E-state index contributed by atoms with van der Waals surface area (Å²) in [7, 11) is 0. The Bertz CT molecular complexity index is 125. The first-order valence-electron chi connectivity index (χ1n) is 4.83. The molecule has 1 heteroatoms. The summed E-state index contributed by atoms with van der Waals surface area (Å²) in [6, 6.07) is 0. The Balaban J connectivity index is 4.75. The number of rotatable bonds is 3. The first-order valence-corrected chi connectivity index (χ1v) is 5.20. The third kappa shape index (κ3) is 1.96. The van der Waals surface area contributed by atoms with Crippen molar-refractivity contribution in [3.8, 4) is 0 Å². The number of halogens is 1. The highest BCUT2D eigenvalue weighted by Gasteiger charge is 2.43. The van der Waals surface area contributed by atoms with Crippen molar-refractivity contribution in [3.05, 3.63) is 0 Å². The van der Waals surface area contributed by atoms with E-state index in [0.717, 1.165) is 0 Å². The first kappa shape index (κ1) is 12.3. The quantitative estimate of drug-likeness (QED) is 0.582. The lowest BCUT2D eigenvalue weighted by molar-refractivity contribution is 0.137. The van der Waals surface area contributed by atoms with Crippen molar-refractivity contribution in [2.75, 3.05) is 0 Å². The van der Waals surface area contributed by atoms with Crippen LogP contribution >= 0.6 is 11.6 Å². The molecular formula is C11H23Cl. The van der Waals surface area contributed by atoms with Gasteiger partial charge in [0.05, 0.1) is 0 Å². The van der Waals surface area contributed by atoms with Gasteiger partial charge in [-0.3, -0.25) is 0 Å². The highest BCUT2D eigenvalue weighted by atomic mass is 35.5. The van der Waals surface area contributed by atoms with Crippen molar-refractivity contribution in [1.29, 1.82) is 0 Å². The summed E-state index contributed by atoms with van der Waals surface area (Å²) in [4.78, 5) is -0.110. The summed E-state index contributed by atoms with van der Waals surface area (Å²) in [6.07, 6.45) is 0. The minimum Gasteiger partial charge on any atom is -0.119 e. The summed E-state index contributed by atoms with van der Waals surface area (Å²) in [5, 5.41) is 0. The molecular weight excluding hydrogens is 168 g/mol. The third-order valence-electron chi connectivity index (χ3n) is 3.79. The van der Waals surface area contributed by atoms with Gasteiger partial charge < -0.3 is 0 Å². The Kier molecular flexibility index (Phi) is 3.66. The standard InChI is InChI=1S/C11H23Cl/c1-8(2)10(5,6)11(7,12)9(3)4/h8-9H,1-7H3. The smallest absolute Gasteiger partial charge is 0.0494 e. The van der Waals surface area contributed by atoms with Gasteiger partial charge in [-0.2, -0.15) is 0 Å². The fourth-order valence-electron chi connectivity index (χ4n) is 1.31. The van der Waals surface area contributed by atoms with Crippen LogP contribution in [0.3, 0.4) is 0 Å². The molecule has 0 radical (unpaired) electrons. The number of hydrogen-bond donors (Lipinski definition) is 0. The highest BCUT2D eigenvalue weighted by Crippen LogP contribution is 2.46. The molecule has 0 aromatic rings. The van der Waals surface area contributed by atoms with E-state index in [1.165, 1.54) is 0 Å². The van der Waals surface area contributed by atoms with Crippen LogP contribution in [0.5, 0.6) is 0 Å². The van der Waals surface area contributed by atoms with Crippen molar-refractivity contribution in [1.82, 2.24) is 0 Å². The van der Waals surface area contributed by atoms with Gasteiger partial charge >= 0.3 is 0 Å². The molecule has 0 rings (SSSR count). The predicted octanol–water partition coefficient (Wildman–Crippen LogP) is 4.32. The molecule has 0 fully saturated rings. The van der Waals surface area contributed by atoms with Gasteiger partial charge in [0.15, 0.2) is 0 Å². The molecule has 0 aromatic carbocycles. The van der Waals surface area contributed by atoms with Crippen molar-refractivity contribution in [2.45, 2.75) is 53.3 Å². The maximum absolute atomic E-state index is 6.56. The molecule has 0 aromatic heterocycles. The van der Waals surface area contributed by atoms with Crippen molar-refractivity contribution in [3.63, 3.8) is 0 Å². The SMILES string of the molecule is CC(C)C(C)(C)C(C)(Cl)C(C)C. The second-order valence-corrected chi connectivity index (χ2v) is 5.89. The summed E-state index contributed by atoms with van der Waals surface area (Å²) in [5.41, 5.74) is 0.183. The van der Waals surface area contributed by atoms with Crippen molar-refractivity contribution >= 4 is 11.6 Å². The molecule has 0 nitrogen and oxygen atoms in total. The lowest BCUT2D eigenvalue weighted by Crippen LogP contribution is -2.44. The van der Waals surface area contributed by atoms with Crippen LogP contribution in [0.1, 0.15) is 48.5 Å². The van der Waals surface area contributed by atoms with Crippen LogP contribution in [-0.4, -0.2) is 4.87 Å². The van der Waals surface area contributed by atoms with Gasteiger partial charge in [-0.25, -0.2) is 0 Å². The van der Waals surface area contributed by atoms with Gasteiger partial charge in [0.2, 0.25) is 0 Å². The zero-order chi connectivity index (χ0) is 10.2. The van der Waals surface area contributed by atoms with E-state index in [-0.39, 0.29) is 10.3 Å². The average molecular weight is 191 g/mol. The molecule has 1 atom stereocenters. The van der Waals surface area contributed by atoms with Gasteiger partial charge in [0, 0.05) is 4.87 Å². The molecule has 0 aliphatic heterocycles. The molecule has 12 heavy (non-hydrogen) atoms. The molecule has 0 heterocycles. The summed E-state index contributed by atoms with van der Waals surface area (Å²) in [5.74, 6) is 1.12. The fraction of sp³-hybridized carbons (Fsp3) is 1.00. The van der Waals surface area contributed by atoms with E-state index < -0.39 is 0 Å². The Morgan fingerprint density at radius 1 is 0.833 bits per heavy atom. The zero-order valence-electron chi connectivity index (χ0n) is 9.53. The Labute approximate surface area is 82.7 Å². The van der Waals surface area contributed by atoms with E-state index >= 15 is 0 Å². The second kappa shape index (κ2) is 3.57. The van der Waals surface area contributed by atoms with Crippen LogP contribution in [0.25, 0.3) is 0 Å². The lowest BCUT2D eigenvalue weighted by Gasteiger charge is -2.45. The van der Waals surface area contributed by atoms with Crippen LogP contribution in [0.15, 0.2) is 0 Å². The average Bonchev–Trinajstić information content (AvgIpc) is 1.86. The molecule has 0 aliphatic rings. The van der Waals surface area contributed by atoms with Crippen LogP contribution in [-0.2, 0) is 0 Å². The lowest BCUT2D eigenvalue weighted by atomic mass is 9.67. The summed E-state index contributed by atoms with van der Waals surface area (Å²) >= 11 is 6.56. The van der Waals surface area contributed by atoms with E-state index in [4.69, 9.17) is 11.6 Å². The van der Waals surface area contributed by atoms with E-state index in [2.05, 4.69) is 48.5 Å². The van der Waals surface area contributed by atoms with Crippen LogP contribution in [0.4, 0.5) is 0 Å². The summed E-state index contributed by atoms with van der Waals surface area (Å²) in [6.45, 7) is 15.5. The summed E-state index contributed by atoms with van der Waals surface area (Å²) < 4.78 is 0. The molecule has 0 spiro atoms. The Morgan fingerprint density at radius 3 is 1.25 bits per heavy atom. The normalized spacial score (nSPS) is 18.5. The monoisotopic (exact) mass is 190 g/mol. The molecule has 0 saturated carbocycles. The van der Waals surface area contributed by atoms with Gasteiger partial charge in [-0.1, -0.05) is 41.5 Å². The Morgan fingerprint density at radius 2 is 1.17 bits per heavy atom. The largest absolute Gasteiger partial charge is 0.119 e. The molecule has 0 bridgehead atoms. The maximum Gasteiger partial charge on any atom is 0.0494 e. The van der Waals surface area contributed by atoms with Gasteiger partial charge in [0.25, 0.3) is 0 Å². The first-order chi connectivity index (χ1) is 5.14.